The number of amides is 2. The van der Waals surface area contributed by atoms with Crippen LogP contribution in [0.5, 0.6) is 0 Å². The molecule has 0 radical (unpaired) electrons. The number of imidazole rings is 1. The summed E-state index contributed by atoms with van der Waals surface area (Å²) >= 11 is 6.38. The zero-order valence-corrected chi connectivity index (χ0v) is 13.3. The summed E-state index contributed by atoms with van der Waals surface area (Å²) in [4.78, 5) is 31.6. The van der Waals surface area contributed by atoms with Gasteiger partial charge in [0, 0.05) is 23.5 Å². The van der Waals surface area contributed by atoms with E-state index in [9.17, 15) is 14.0 Å². The number of anilines is 1. The molecule has 0 aliphatic carbocycles. The molecule has 0 saturated heterocycles. The number of hydrogen-bond donors (Lipinski definition) is 2. The number of rotatable bonds is 5. The van der Waals surface area contributed by atoms with Crippen LogP contribution in [0.4, 0.5) is 10.3 Å². The number of nitrogens with zero attached hydrogens (tertiary/aromatic N) is 2. The summed E-state index contributed by atoms with van der Waals surface area (Å²) in [6, 6.07) is 6.29. The second-order valence-corrected chi connectivity index (χ2v) is 5.76. The molecule has 0 aliphatic rings. The van der Waals surface area contributed by atoms with Gasteiger partial charge in [-0.2, -0.15) is 0 Å². The Kier molecular flexibility index (Phi) is 4.70. The van der Waals surface area contributed by atoms with E-state index in [4.69, 9.17) is 17.3 Å². The molecular weight excluding hydrogens is 323 g/mol. The van der Waals surface area contributed by atoms with Gasteiger partial charge in [0.15, 0.2) is 5.67 Å². The zero-order chi connectivity index (χ0) is 17.2. The van der Waals surface area contributed by atoms with Crippen molar-refractivity contribution in [3.8, 4) is 0 Å². The number of aromatic nitrogens is 2. The summed E-state index contributed by atoms with van der Waals surface area (Å²) in [5.41, 5.74) is 2.43. The largest absolute Gasteiger partial charge is 0.366 e. The third-order valence-electron chi connectivity index (χ3n) is 3.15. The van der Waals surface area contributed by atoms with Crippen molar-refractivity contribution < 1.29 is 14.0 Å². The van der Waals surface area contributed by atoms with Crippen molar-refractivity contribution in [1.29, 1.82) is 0 Å². The lowest BCUT2D eigenvalue weighted by atomic mass is 10.0. The van der Waals surface area contributed by atoms with E-state index in [-0.39, 0.29) is 17.1 Å². The van der Waals surface area contributed by atoms with E-state index in [0.717, 1.165) is 18.7 Å². The average molecular weight is 339 g/mol. The fourth-order valence-electron chi connectivity index (χ4n) is 2.05. The molecule has 1 atom stereocenters. The maximum atomic E-state index is 14.2. The molecule has 122 valence electrons. The molecule has 0 spiro atoms. The molecule has 1 unspecified atom stereocenters. The normalized spacial score (nSPS) is 12.7. The molecule has 6 nitrogen and oxygen atoms in total. The maximum Gasteiger partial charge on any atom is 0.267 e. The van der Waals surface area contributed by atoms with Crippen molar-refractivity contribution in [3.05, 3.63) is 47.8 Å². The van der Waals surface area contributed by atoms with Crippen LogP contribution >= 0.6 is 11.6 Å². The third kappa shape index (κ3) is 3.50. The summed E-state index contributed by atoms with van der Waals surface area (Å²) in [7, 11) is 0. The van der Waals surface area contributed by atoms with E-state index in [1.165, 1.54) is 18.5 Å². The van der Waals surface area contributed by atoms with Crippen LogP contribution < -0.4 is 10.6 Å². The molecule has 0 fully saturated rings. The topological polar surface area (TPSA) is 92.1 Å². The Morgan fingerprint density at radius 3 is 2.57 bits per heavy atom. The number of primary amides is 1. The number of H-pyrrole nitrogens is 1. The molecule has 2 rings (SSSR count). The predicted molar refractivity (Wildman–Crippen MR) is 84.8 cm³/mol. The Balaban J connectivity index is 2.53. The second kappa shape index (κ2) is 6.37. The second-order valence-electron chi connectivity index (χ2n) is 5.35. The van der Waals surface area contributed by atoms with Crippen LogP contribution in [0.3, 0.4) is 0 Å². The Bertz CT molecular complexity index is 713. The minimum absolute atomic E-state index is 0.0694. The van der Waals surface area contributed by atoms with Crippen LogP contribution in [0, 0.1) is 0 Å². The molecule has 0 saturated carbocycles. The highest BCUT2D eigenvalue weighted by molar-refractivity contribution is 6.25. The minimum Gasteiger partial charge on any atom is -0.366 e. The highest BCUT2D eigenvalue weighted by Gasteiger charge is 2.38. The first-order chi connectivity index (χ1) is 10.7. The Hall–Kier alpha value is -2.41. The lowest BCUT2D eigenvalue weighted by molar-refractivity contribution is -0.128. The molecule has 3 N–H and O–H groups in total. The summed E-state index contributed by atoms with van der Waals surface area (Å²) in [5, 5.41) is 0. The van der Waals surface area contributed by atoms with Crippen LogP contribution in [-0.2, 0) is 4.79 Å². The molecule has 1 heterocycles. The lowest BCUT2D eigenvalue weighted by Crippen LogP contribution is -2.44. The molecule has 1 aromatic heterocycles. The summed E-state index contributed by atoms with van der Waals surface area (Å²) in [6.07, 6.45) is 2.88. The van der Waals surface area contributed by atoms with Crippen molar-refractivity contribution in [2.24, 2.45) is 5.73 Å². The van der Waals surface area contributed by atoms with Crippen LogP contribution in [0.1, 0.15) is 35.3 Å². The van der Waals surface area contributed by atoms with Gasteiger partial charge in [-0.3, -0.25) is 14.5 Å². The number of benzene rings is 1. The first-order valence-corrected chi connectivity index (χ1v) is 7.22. The zero-order valence-electron chi connectivity index (χ0n) is 12.6. The van der Waals surface area contributed by atoms with E-state index in [2.05, 4.69) is 9.97 Å². The average Bonchev–Trinajstić information content (AvgIpc) is 3.00. The monoisotopic (exact) mass is 338 g/mol. The van der Waals surface area contributed by atoms with Crippen molar-refractivity contribution >= 4 is 29.4 Å². The molecule has 23 heavy (non-hydrogen) atoms. The fourth-order valence-corrected chi connectivity index (χ4v) is 2.42. The minimum atomic E-state index is -2.18. The van der Waals surface area contributed by atoms with Gasteiger partial charge >= 0.3 is 0 Å². The SMILES string of the molecule is CC(C)(F)C(=O)N(c1ncc[nH]1)C(Cl)c1ccccc1C(N)=O. The van der Waals surface area contributed by atoms with Crippen LogP contribution in [0.2, 0.25) is 0 Å². The molecule has 1 aromatic carbocycles. The molecule has 0 aliphatic heterocycles. The Morgan fingerprint density at radius 1 is 1.39 bits per heavy atom. The number of halogens is 2. The number of hydrogen-bond acceptors (Lipinski definition) is 3. The van der Waals surface area contributed by atoms with Crippen LogP contribution in [0.25, 0.3) is 0 Å². The Morgan fingerprint density at radius 2 is 2.04 bits per heavy atom. The van der Waals surface area contributed by atoms with Gasteiger partial charge in [-0.15, -0.1) is 0 Å². The molecular formula is C15H16ClFN4O2. The van der Waals surface area contributed by atoms with E-state index < -0.39 is 23.0 Å². The van der Waals surface area contributed by atoms with Gasteiger partial charge < -0.3 is 10.7 Å². The number of aromatic amines is 1. The lowest BCUT2D eigenvalue weighted by Gasteiger charge is -2.30. The number of nitrogens with two attached hydrogens (primary N) is 1. The maximum absolute atomic E-state index is 14.2. The number of alkyl halides is 2. The van der Waals surface area contributed by atoms with Gasteiger partial charge in [0.25, 0.3) is 5.91 Å². The van der Waals surface area contributed by atoms with Crippen molar-refractivity contribution in [2.75, 3.05) is 4.90 Å². The van der Waals surface area contributed by atoms with Crippen LogP contribution in [0.15, 0.2) is 36.7 Å². The third-order valence-corrected chi connectivity index (χ3v) is 3.58. The number of carbonyl (C=O) groups is 2. The Labute approximate surface area is 137 Å². The van der Waals surface area contributed by atoms with Crippen molar-refractivity contribution in [3.63, 3.8) is 0 Å². The summed E-state index contributed by atoms with van der Waals surface area (Å²) < 4.78 is 14.2. The van der Waals surface area contributed by atoms with Crippen molar-refractivity contribution in [1.82, 2.24) is 9.97 Å². The first-order valence-electron chi connectivity index (χ1n) is 6.78. The first kappa shape index (κ1) is 17.0. The van der Waals surface area contributed by atoms with Gasteiger partial charge in [0.2, 0.25) is 11.9 Å². The van der Waals surface area contributed by atoms with Gasteiger partial charge in [-0.25, -0.2) is 9.37 Å². The van der Waals surface area contributed by atoms with E-state index >= 15 is 0 Å². The molecule has 2 aromatic rings. The summed E-state index contributed by atoms with van der Waals surface area (Å²) in [5.74, 6) is -1.52. The number of carbonyl (C=O) groups excluding carboxylic acids is 2. The molecule has 8 heteroatoms. The standard InChI is InChI=1S/C15H16ClFN4O2/c1-15(2,17)13(23)21(14-19-7-8-20-14)11(16)9-5-3-4-6-10(9)12(18)22/h3-8,11H,1-2H3,(H2,18,22)(H,19,20). The predicted octanol–water partition coefficient (Wildman–Crippen LogP) is 2.53. The molecule has 2 amide bonds. The van der Waals surface area contributed by atoms with Gasteiger partial charge in [-0.05, 0) is 19.9 Å². The highest BCUT2D eigenvalue weighted by Crippen LogP contribution is 2.33. The smallest absolute Gasteiger partial charge is 0.267 e. The van der Waals surface area contributed by atoms with E-state index in [0.29, 0.717) is 0 Å². The summed E-state index contributed by atoms with van der Waals surface area (Å²) in [6.45, 7) is 2.24. The van der Waals surface area contributed by atoms with Crippen molar-refractivity contribution in [2.45, 2.75) is 25.0 Å². The van der Waals surface area contributed by atoms with E-state index in [1.54, 1.807) is 18.2 Å². The van der Waals surface area contributed by atoms with Gasteiger partial charge in [0.1, 0.15) is 5.50 Å². The highest BCUT2D eigenvalue weighted by atomic mass is 35.5. The van der Waals surface area contributed by atoms with Gasteiger partial charge in [0.05, 0.1) is 0 Å². The fraction of sp³-hybridized carbons (Fsp3) is 0.267. The molecule has 0 bridgehead atoms. The van der Waals surface area contributed by atoms with Gasteiger partial charge in [-0.1, -0.05) is 29.8 Å². The number of nitrogens with one attached hydrogen (secondary N) is 1. The van der Waals surface area contributed by atoms with Crippen LogP contribution in [-0.4, -0.2) is 27.5 Å². The quantitative estimate of drug-likeness (QED) is 0.648. The van der Waals surface area contributed by atoms with E-state index in [1.807, 2.05) is 0 Å².